The molecule has 8 nitrogen and oxygen atoms in total. The Labute approximate surface area is 175 Å². The molecule has 0 radical (unpaired) electrons. The maximum atomic E-state index is 12.1. The topological polar surface area (TPSA) is 106 Å². The van der Waals surface area contributed by atoms with Crippen LogP contribution >= 0.6 is 0 Å². The number of nitrogens with zero attached hydrogens (tertiary/aromatic N) is 3. The summed E-state index contributed by atoms with van der Waals surface area (Å²) >= 11 is 0. The molecule has 8 heteroatoms. The molecule has 2 rings (SSSR count). The number of non-ortho nitro benzene ring substituents is 1. The molecule has 1 amide bonds. The van der Waals surface area contributed by atoms with Gasteiger partial charge in [-0.1, -0.05) is 6.07 Å². The number of benzene rings is 2. The SMILES string of the molecule is CCOc1cc(/C=C(\C#N)c2ccc([N+](=O)[O-])cc2)ccc1O[C@@H](C)C(=O)N(C)C. The Morgan fingerprint density at radius 1 is 1.23 bits per heavy atom. The Morgan fingerprint density at radius 3 is 2.43 bits per heavy atom. The molecule has 1 atom stereocenters. The summed E-state index contributed by atoms with van der Waals surface area (Å²) in [6.45, 7) is 3.89. The highest BCUT2D eigenvalue weighted by Gasteiger charge is 2.19. The molecule has 0 saturated carbocycles. The van der Waals surface area contributed by atoms with Gasteiger partial charge in [0.05, 0.1) is 23.2 Å². The Balaban J connectivity index is 2.34. The highest BCUT2D eigenvalue weighted by molar-refractivity contribution is 5.90. The number of rotatable bonds is 8. The molecular weight excluding hydrogens is 386 g/mol. The van der Waals surface area contributed by atoms with Crippen molar-refractivity contribution in [2.45, 2.75) is 20.0 Å². The van der Waals surface area contributed by atoms with Crippen molar-refractivity contribution in [1.82, 2.24) is 4.90 Å². The Hall–Kier alpha value is -3.86. The quantitative estimate of drug-likeness (QED) is 0.283. The van der Waals surface area contributed by atoms with E-state index in [1.54, 1.807) is 45.3 Å². The molecule has 30 heavy (non-hydrogen) atoms. The highest BCUT2D eigenvalue weighted by atomic mass is 16.6. The number of amides is 1. The first-order valence-corrected chi connectivity index (χ1v) is 9.28. The van der Waals surface area contributed by atoms with Crippen LogP contribution in [0.5, 0.6) is 11.5 Å². The van der Waals surface area contributed by atoms with E-state index in [1.807, 2.05) is 6.92 Å². The molecule has 0 fully saturated rings. The molecule has 156 valence electrons. The minimum absolute atomic E-state index is 0.0439. The van der Waals surface area contributed by atoms with E-state index in [2.05, 4.69) is 6.07 Å². The van der Waals surface area contributed by atoms with Crippen LogP contribution in [0.2, 0.25) is 0 Å². The van der Waals surface area contributed by atoms with Gasteiger partial charge in [0.25, 0.3) is 11.6 Å². The van der Waals surface area contributed by atoms with Crippen LogP contribution in [0.1, 0.15) is 25.0 Å². The lowest BCUT2D eigenvalue weighted by Crippen LogP contribution is -2.35. The van der Waals surface area contributed by atoms with Crippen molar-refractivity contribution < 1.29 is 19.2 Å². The number of likely N-dealkylation sites (N-methyl/N-ethyl adjacent to an activating group) is 1. The number of carbonyl (C=O) groups is 1. The van der Waals surface area contributed by atoms with Gasteiger partial charge in [-0.2, -0.15) is 5.26 Å². The van der Waals surface area contributed by atoms with Crippen molar-refractivity contribution in [3.05, 3.63) is 63.7 Å². The minimum atomic E-state index is -0.685. The minimum Gasteiger partial charge on any atom is -0.490 e. The molecule has 0 spiro atoms. The lowest BCUT2D eigenvalue weighted by atomic mass is 10.0. The number of ether oxygens (including phenoxy) is 2. The van der Waals surface area contributed by atoms with Crippen LogP contribution in [0.25, 0.3) is 11.6 Å². The molecular formula is C22H23N3O5. The van der Waals surface area contributed by atoms with Crippen LogP contribution in [-0.2, 0) is 4.79 Å². The van der Waals surface area contributed by atoms with E-state index in [0.717, 1.165) is 0 Å². The zero-order valence-corrected chi connectivity index (χ0v) is 17.3. The molecule has 0 heterocycles. The molecule has 2 aromatic carbocycles. The van der Waals surface area contributed by atoms with Crippen LogP contribution in [0.15, 0.2) is 42.5 Å². The van der Waals surface area contributed by atoms with Crippen molar-refractivity contribution in [1.29, 1.82) is 5.26 Å². The van der Waals surface area contributed by atoms with E-state index in [1.165, 1.54) is 29.2 Å². The monoisotopic (exact) mass is 409 g/mol. The summed E-state index contributed by atoms with van der Waals surface area (Å²) < 4.78 is 11.4. The summed E-state index contributed by atoms with van der Waals surface area (Å²) in [6, 6.07) is 13.0. The van der Waals surface area contributed by atoms with Gasteiger partial charge in [-0.05, 0) is 55.3 Å². The Kier molecular flexibility index (Phi) is 7.53. The smallest absolute Gasteiger partial charge is 0.269 e. The van der Waals surface area contributed by atoms with Gasteiger partial charge in [0.15, 0.2) is 17.6 Å². The van der Waals surface area contributed by atoms with Gasteiger partial charge in [-0.3, -0.25) is 14.9 Å². The fourth-order valence-electron chi connectivity index (χ4n) is 2.69. The van der Waals surface area contributed by atoms with Gasteiger partial charge in [0.1, 0.15) is 0 Å². The first-order valence-electron chi connectivity index (χ1n) is 9.28. The number of nitriles is 1. The summed E-state index contributed by atoms with van der Waals surface area (Å²) in [4.78, 5) is 23.8. The molecule has 2 aromatic rings. The number of carbonyl (C=O) groups excluding carboxylic acids is 1. The second-order valence-corrected chi connectivity index (χ2v) is 6.61. The lowest BCUT2D eigenvalue weighted by molar-refractivity contribution is -0.384. The van der Waals surface area contributed by atoms with Crippen molar-refractivity contribution in [3.63, 3.8) is 0 Å². The molecule has 0 N–H and O–H groups in total. The number of hydrogen-bond donors (Lipinski definition) is 0. The normalized spacial score (nSPS) is 11.9. The van der Waals surface area contributed by atoms with Crippen LogP contribution < -0.4 is 9.47 Å². The van der Waals surface area contributed by atoms with Crippen molar-refractivity contribution in [3.8, 4) is 17.6 Å². The maximum Gasteiger partial charge on any atom is 0.269 e. The second-order valence-electron chi connectivity index (χ2n) is 6.61. The summed E-state index contributed by atoms with van der Waals surface area (Å²) in [5.74, 6) is 0.697. The van der Waals surface area contributed by atoms with Crippen molar-refractivity contribution >= 4 is 23.2 Å². The van der Waals surface area contributed by atoms with E-state index in [0.29, 0.717) is 34.8 Å². The average Bonchev–Trinajstić information content (AvgIpc) is 2.73. The summed E-state index contributed by atoms with van der Waals surface area (Å²) in [6.07, 6.45) is 0.970. The third kappa shape index (κ3) is 5.58. The number of nitro groups is 1. The van der Waals surface area contributed by atoms with Crippen LogP contribution in [-0.4, -0.2) is 42.5 Å². The third-order valence-corrected chi connectivity index (χ3v) is 4.18. The van der Waals surface area contributed by atoms with E-state index in [9.17, 15) is 20.2 Å². The first kappa shape index (κ1) is 22.4. The molecule has 0 saturated heterocycles. The maximum absolute atomic E-state index is 12.1. The van der Waals surface area contributed by atoms with E-state index >= 15 is 0 Å². The molecule has 0 aliphatic carbocycles. The first-order chi connectivity index (χ1) is 14.3. The van der Waals surface area contributed by atoms with Crippen molar-refractivity contribution in [2.75, 3.05) is 20.7 Å². The zero-order chi connectivity index (χ0) is 22.3. The summed E-state index contributed by atoms with van der Waals surface area (Å²) in [5.41, 5.74) is 1.55. The van der Waals surface area contributed by atoms with Crippen LogP contribution in [0, 0.1) is 21.4 Å². The van der Waals surface area contributed by atoms with Gasteiger partial charge >= 0.3 is 0 Å². The Morgan fingerprint density at radius 2 is 1.90 bits per heavy atom. The predicted octanol–water partition coefficient (Wildman–Crippen LogP) is 3.91. The van der Waals surface area contributed by atoms with Gasteiger partial charge in [0, 0.05) is 26.2 Å². The zero-order valence-electron chi connectivity index (χ0n) is 17.3. The molecule has 0 bridgehead atoms. The number of hydrogen-bond acceptors (Lipinski definition) is 6. The largest absolute Gasteiger partial charge is 0.490 e. The molecule has 0 aromatic heterocycles. The van der Waals surface area contributed by atoms with Crippen molar-refractivity contribution in [2.24, 2.45) is 0 Å². The average molecular weight is 409 g/mol. The summed E-state index contributed by atoms with van der Waals surface area (Å²) in [5, 5.41) is 20.3. The standard InChI is InChI=1S/C22H23N3O5/c1-5-29-21-13-16(6-11-20(21)30-15(2)22(26)24(3)4)12-18(14-23)17-7-9-19(10-8-17)25(27)28/h6-13,15H,5H2,1-4H3/b18-12+/t15-/m0/s1. The van der Waals surface area contributed by atoms with E-state index < -0.39 is 11.0 Å². The molecule has 0 unspecified atom stereocenters. The Bertz CT molecular complexity index is 991. The second kappa shape index (κ2) is 10.1. The molecule has 0 aliphatic rings. The van der Waals surface area contributed by atoms with Gasteiger partial charge in [-0.25, -0.2) is 0 Å². The van der Waals surface area contributed by atoms with E-state index in [-0.39, 0.29) is 11.6 Å². The number of nitro benzene ring substituents is 1. The highest BCUT2D eigenvalue weighted by Crippen LogP contribution is 2.31. The van der Waals surface area contributed by atoms with Crippen LogP contribution in [0.3, 0.4) is 0 Å². The van der Waals surface area contributed by atoms with Crippen LogP contribution in [0.4, 0.5) is 5.69 Å². The number of allylic oxidation sites excluding steroid dienone is 1. The fraction of sp³-hybridized carbons (Fsp3) is 0.273. The summed E-state index contributed by atoms with van der Waals surface area (Å²) in [7, 11) is 3.31. The van der Waals surface area contributed by atoms with Gasteiger partial charge < -0.3 is 14.4 Å². The van der Waals surface area contributed by atoms with E-state index in [4.69, 9.17) is 9.47 Å². The lowest BCUT2D eigenvalue weighted by Gasteiger charge is -2.20. The fourth-order valence-corrected chi connectivity index (χ4v) is 2.69. The molecule has 0 aliphatic heterocycles. The van der Waals surface area contributed by atoms with Gasteiger partial charge in [-0.15, -0.1) is 0 Å². The van der Waals surface area contributed by atoms with Gasteiger partial charge in [0.2, 0.25) is 0 Å². The third-order valence-electron chi connectivity index (χ3n) is 4.18. The predicted molar refractivity (Wildman–Crippen MR) is 113 cm³/mol.